The number of ketones is 1. The molecule has 4 aromatic rings. The number of anilines is 1. The Morgan fingerprint density at radius 2 is 1.63 bits per heavy atom. The smallest absolute Gasteiger partial charge is 0.301 e. The number of aryl methyl sites for hydroxylation is 2. The Kier molecular flexibility index (Phi) is 8.40. The van der Waals surface area contributed by atoms with Gasteiger partial charge in [-0.15, -0.1) is 0 Å². The standard InChI is InChI=1S/C33H34N2O5S/c1-5-7-8-17-40-25-13-9-22(10-14-25)29-27(30(36)23-11-15-24(16-12-23)39-6-2)31(37)32(38)35(29)33-34-28-21(4)18-20(3)19-26(28)41-33/h9-16,18-19,29,36H,5-8,17H2,1-4H3. The van der Waals surface area contributed by atoms with E-state index < -0.39 is 17.7 Å². The number of Topliss-reactive ketones (excluding diaryl/α,β-unsaturated/α-hetero) is 1. The van der Waals surface area contributed by atoms with Crippen LogP contribution >= 0.6 is 11.3 Å². The van der Waals surface area contributed by atoms with Crippen LogP contribution in [0.2, 0.25) is 0 Å². The predicted molar refractivity (Wildman–Crippen MR) is 163 cm³/mol. The highest BCUT2D eigenvalue weighted by atomic mass is 32.1. The van der Waals surface area contributed by atoms with Crippen LogP contribution in [0.25, 0.3) is 16.0 Å². The molecule has 1 aliphatic rings. The Balaban J connectivity index is 1.60. The van der Waals surface area contributed by atoms with Crippen molar-refractivity contribution >= 4 is 44.1 Å². The molecule has 2 heterocycles. The first-order valence-electron chi connectivity index (χ1n) is 14.0. The molecule has 1 N–H and O–H groups in total. The molecule has 1 fully saturated rings. The molecule has 1 amide bonds. The summed E-state index contributed by atoms with van der Waals surface area (Å²) in [7, 11) is 0. The van der Waals surface area contributed by atoms with Crippen molar-refractivity contribution < 1.29 is 24.2 Å². The lowest BCUT2D eigenvalue weighted by molar-refractivity contribution is -0.132. The molecule has 8 heteroatoms. The number of nitrogens with zero attached hydrogens (tertiary/aromatic N) is 2. The number of carbonyl (C=O) groups is 2. The summed E-state index contributed by atoms with van der Waals surface area (Å²) in [6.07, 6.45) is 3.18. The maximum Gasteiger partial charge on any atom is 0.301 e. The summed E-state index contributed by atoms with van der Waals surface area (Å²) in [5, 5.41) is 11.9. The maximum atomic E-state index is 13.6. The van der Waals surface area contributed by atoms with E-state index in [4.69, 9.17) is 14.5 Å². The van der Waals surface area contributed by atoms with E-state index in [1.54, 1.807) is 24.3 Å². The summed E-state index contributed by atoms with van der Waals surface area (Å²) in [5.74, 6) is -0.369. The van der Waals surface area contributed by atoms with Crippen molar-refractivity contribution in [1.29, 1.82) is 0 Å². The van der Waals surface area contributed by atoms with Crippen molar-refractivity contribution in [3.63, 3.8) is 0 Å². The fraction of sp³-hybridized carbons (Fsp3) is 0.303. The average molecular weight is 571 g/mol. The highest BCUT2D eigenvalue weighted by Gasteiger charge is 2.48. The Hall–Kier alpha value is -4.17. The summed E-state index contributed by atoms with van der Waals surface area (Å²) >= 11 is 1.36. The van der Waals surface area contributed by atoms with E-state index in [9.17, 15) is 14.7 Å². The van der Waals surface area contributed by atoms with Crippen LogP contribution in [0.4, 0.5) is 5.13 Å². The normalized spacial score (nSPS) is 16.5. The molecule has 5 rings (SSSR count). The molecular formula is C33H34N2O5S. The van der Waals surface area contributed by atoms with Gasteiger partial charge in [-0.3, -0.25) is 14.5 Å². The zero-order chi connectivity index (χ0) is 29.1. The first-order valence-corrected chi connectivity index (χ1v) is 14.8. The minimum Gasteiger partial charge on any atom is -0.507 e. The number of rotatable bonds is 10. The number of hydrogen-bond donors (Lipinski definition) is 1. The lowest BCUT2D eigenvalue weighted by Crippen LogP contribution is -2.29. The van der Waals surface area contributed by atoms with E-state index in [0.29, 0.717) is 41.0 Å². The van der Waals surface area contributed by atoms with Crippen LogP contribution in [0.5, 0.6) is 11.5 Å². The number of amides is 1. The van der Waals surface area contributed by atoms with Gasteiger partial charge in [-0.1, -0.05) is 49.3 Å². The molecule has 7 nitrogen and oxygen atoms in total. The quantitative estimate of drug-likeness (QED) is 0.0919. The molecule has 3 aromatic carbocycles. The third-order valence-electron chi connectivity index (χ3n) is 7.12. The summed E-state index contributed by atoms with van der Waals surface area (Å²) in [6, 6.07) is 17.4. The van der Waals surface area contributed by atoms with E-state index >= 15 is 0 Å². The molecule has 0 bridgehead atoms. The van der Waals surface area contributed by atoms with Gasteiger partial charge in [-0.25, -0.2) is 4.98 Å². The highest BCUT2D eigenvalue weighted by Crippen LogP contribution is 2.45. The molecule has 1 saturated heterocycles. The van der Waals surface area contributed by atoms with E-state index in [1.165, 1.54) is 16.2 Å². The third kappa shape index (κ3) is 5.70. The number of unbranched alkanes of at least 4 members (excludes halogenated alkanes) is 2. The van der Waals surface area contributed by atoms with E-state index in [0.717, 1.165) is 40.6 Å². The molecule has 0 aliphatic carbocycles. The summed E-state index contributed by atoms with van der Waals surface area (Å²) in [6.45, 7) is 9.16. The number of aliphatic hydroxyl groups is 1. The average Bonchev–Trinajstić information content (AvgIpc) is 3.50. The number of ether oxygens (including phenoxy) is 2. The van der Waals surface area contributed by atoms with Crippen molar-refractivity contribution in [2.45, 2.75) is 53.0 Å². The van der Waals surface area contributed by atoms with Gasteiger partial charge in [-0.2, -0.15) is 0 Å². The van der Waals surface area contributed by atoms with Crippen LogP contribution in [0.1, 0.15) is 61.4 Å². The first-order chi connectivity index (χ1) is 19.8. The Bertz CT molecular complexity index is 1610. The monoisotopic (exact) mass is 570 g/mol. The van der Waals surface area contributed by atoms with Crippen LogP contribution in [0.3, 0.4) is 0 Å². The van der Waals surface area contributed by atoms with Gasteiger partial charge >= 0.3 is 5.91 Å². The van der Waals surface area contributed by atoms with Crippen molar-refractivity contribution in [3.8, 4) is 11.5 Å². The second-order valence-corrected chi connectivity index (χ2v) is 11.2. The van der Waals surface area contributed by atoms with Crippen LogP contribution in [0, 0.1) is 13.8 Å². The Labute approximate surface area is 244 Å². The van der Waals surface area contributed by atoms with E-state index in [1.807, 2.05) is 57.2 Å². The predicted octanol–water partition coefficient (Wildman–Crippen LogP) is 7.51. The van der Waals surface area contributed by atoms with E-state index in [2.05, 4.69) is 6.92 Å². The molecular weight excluding hydrogens is 536 g/mol. The van der Waals surface area contributed by atoms with Crippen molar-refractivity contribution in [2.75, 3.05) is 18.1 Å². The number of aliphatic hydroxyl groups excluding tert-OH is 1. The first kappa shape index (κ1) is 28.4. The number of benzene rings is 3. The Morgan fingerprint density at radius 3 is 2.32 bits per heavy atom. The van der Waals surface area contributed by atoms with Crippen molar-refractivity contribution in [2.24, 2.45) is 0 Å². The lowest BCUT2D eigenvalue weighted by Gasteiger charge is -2.23. The largest absolute Gasteiger partial charge is 0.507 e. The van der Waals surface area contributed by atoms with Crippen LogP contribution in [0.15, 0.2) is 66.2 Å². The molecule has 1 atom stereocenters. The molecule has 41 heavy (non-hydrogen) atoms. The van der Waals surface area contributed by atoms with Crippen LogP contribution in [-0.4, -0.2) is 35.0 Å². The van der Waals surface area contributed by atoms with Gasteiger partial charge in [0.15, 0.2) is 5.13 Å². The summed E-state index contributed by atoms with van der Waals surface area (Å²) < 4.78 is 12.3. The number of carbonyl (C=O) groups excluding carboxylic acids is 2. The van der Waals surface area contributed by atoms with E-state index in [-0.39, 0.29) is 11.3 Å². The van der Waals surface area contributed by atoms with Crippen LogP contribution in [-0.2, 0) is 9.59 Å². The lowest BCUT2D eigenvalue weighted by atomic mass is 9.95. The zero-order valence-corrected chi connectivity index (χ0v) is 24.6. The van der Waals surface area contributed by atoms with Gasteiger partial charge in [-0.05, 0) is 86.3 Å². The van der Waals surface area contributed by atoms with Gasteiger partial charge in [0.2, 0.25) is 0 Å². The van der Waals surface area contributed by atoms with Gasteiger partial charge in [0.1, 0.15) is 17.3 Å². The summed E-state index contributed by atoms with van der Waals surface area (Å²) in [5.41, 5.74) is 3.98. The maximum absolute atomic E-state index is 13.6. The van der Waals surface area contributed by atoms with Crippen molar-refractivity contribution in [1.82, 2.24) is 4.98 Å². The number of aromatic nitrogens is 1. The summed E-state index contributed by atoms with van der Waals surface area (Å²) in [4.78, 5) is 33.4. The zero-order valence-electron chi connectivity index (χ0n) is 23.8. The van der Waals surface area contributed by atoms with Gasteiger partial charge in [0.25, 0.3) is 5.78 Å². The number of fused-ring (bicyclic) bond motifs is 1. The molecule has 0 spiro atoms. The molecule has 212 valence electrons. The Morgan fingerprint density at radius 1 is 0.951 bits per heavy atom. The minimum absolute atomic E-state index is 0.0166. The van der Waals surface area contributed by atoms with Gasteiger partial charge < -0.3 is 14.6 Å². The number of hydrogen-bond acceptors (Lipinski definition) is 7. The highest BCUT2D eigenvalue weighted by molar-refractivity contribution is 7.22. The second-order valence-electron chi connectivity index (χ2n) is 10.2. The van der Waals surface area contributed by atoms with Gasteiger partial charge in [0.05, 0.1) is 35.0 Å². The fourth-order valence-corrected chi connectivity index (χ4v) is 6.30. The van der Waals surface area contributed by atoms with Crippen LogP contribution < -0.4 is 14.4 Å². The SMILES string of the molecule is CCCCCOc1ccc(C2C(=C(O)c3ccc(OCC)cc3)C(=O)C(=O)N2c2nc3c(C)cc(C)cc3s2)cc1. The van der Waals surface area contributed by atoms with Crippen molar-refractivity contribution in [3.05, 3.63) is 88.5 Å². The molecule has 1 unspecified atom stereocenters. The minimum atomic E-state index is -0.863. The molecule has 0 saturated carbocycles. The topological polar surface area (TPSA) is 89.0 Å². The second kappa shape index (κ2) is 12.1. The van der Waals surface area contributed by atoms with Gasteiger partial charge in [0, 0.05) is 5.56 Å². The molecule has 1 aromatic heterocycles. The molecule has 0 radical (unpaired) electrons. The fourth-order valence-electron chi connectivity index (χ4n) is 5.13. The third-order valence-corrected chi connectivity index (χ3v) is 8.12. The number of thiazole rings is 1. The molecule has 1 aliphatic heterocycles.